The summed E-state index contributed by atoms with van der Waals surface area (Å²) in [6, 6.07) is 11.9. The molecule has 1 aromatic carbocycles. The second-order valence-electron chi connectivity index (χ2n) is 5.50. The molecule has 0 unspecified atom stereocenters. The van der Waals surface area contributed by atoms with Crippen LogP contribution in [0.2, 0.25) is 0 Å². The minimum atomic E-state index is -0.935. The van der Waals surface area contributed by atoms with Gasteiger partial charge in [-0.2, -0.15) is 0 Å². The summed E-state index contributed by atoms with van der Waals surface area (Å²) < 4.78 is 2.66. The van der Waals surface area contributed by atoms with Gasteiger partial charge in [0.15, 0.2) is 5.65 Å². The molecule has 3 rings (SSSR count). The molecular weight excluding hydrogens is 324 g/mol. The van der Waals surface area contributed by atoms with Crippen LogP contribution in [0.3, 0.4) is 0 Å². The molecule has 0 radical (unpaired) electrons. The Morgan fingerprint density at radius 1 is 1.16 bits per heavy atom. The van der Waals surface area contributed by atoms with Crippen molar-refractivity contribution in [2.75, 3.05) is 5.32 Å². The molecule has 0 spiro atoms. The second kappa shape index (κ2) is 7.00. The van der Waals surface area contributed by atoms with Gasteiger partial charge in [-0.05, 0) is 29.8 Å². The molecule has 1 amide bonds. The van der Waals surface area contributed by atoms with Gasteiger partial charge in [-0.15, -0.1) is 5.10 Å². The molecule has 0 saturated heterocycles. The third-order valence-electron chi connectivity index (χ3n) is 3.61. The quantitative estimate of drug-likeness (QED) is 0.700. The highest BCUT2D eigenvalue weighted by Gasteiger charge is 2.09. The van der Waals surface area contributed by atoms with Crippen molar-refractivity contribution in [3.8, 4) is 0 Å². The van der Waals surface area contributed by atoms with Crippen molar-refractivity contribution in [1.82, 2.24) is 14.2 Å². The fraction of sp³-hybridized carbons (Fsp3) is 0.176. The third kappa shape index (κ3) is 3.92. The SMILES string of the molecule is O=C(O)Cc1cccc(NC(=O)CCn2nc3ccccn3c2=O)c1. The van der Waals surface area contributed by atoms with E-state index in [9.17, 15) is 14.4 Å². The Hall–Kier alpha value is -3.42. The van der Waals surface area contributed by atoms with Gasteiger partial charge < -0.3 is 10.4 Å². The van der Waals surface area contributed by atoms with E-state index < -0.39 is 5.97 Å². The van der Waals surface area contributed by atoms with E-state index in [-0.39, 0.29) is 31.0 Å². The molecule has 2 heterocycles. The number of hydrogen-bond acceptors (Lipinski definition) is 4. The lowest BCUT2D eigenvalue weighted by Crippen LogP contribution is -2.24. The van der Waals surface area contributed by atoms with Gasteiger partial charge in [-0.3, -0.25) is 14.0 Å². The molecule has 3 aromatic rings. The molecule has 0 atom stereocenters. The predicted molar refractivity (Wildman–Crippen MR) is 90.5 cm³/mol. The number of amides is 1. The Labute approximate surface area is 142 Å². The highest BCUT2D eigenvalue weighted by molar-refractivity contribution is 5.90. The van der Waals surface area contributed by atoms with Crippen molar-refractivity contribution >= 4 is 23.2 Å². The molecule has 8 nitrogen and oxygen atoms in total. The first-order valence-corrected chi connectivity index (χ1v) is 7.68. The van der Waals surface area contributed by atoms with Crippen LogP contribution in [0.25, 0.3) is 5.65 Å². The topological polar surface area (TPSA) is 106 Å². The van der Waals surface area contributed by atoms with Crippen molar-refractivity contribution < 1.29 is 14.7 Å². The largest absolute Gasteiger partial charge is 0.481 e. The van der Waals surface area contributed by atoms with Crippen molar-refractivity contribution in [1.29, 1.82) is 0 Å². The van der Waals surface area contributed by atoms with E-state index >= 15 is 0 Å². The van der Waals surface area contributed by atoms with Crippen molar-refractivity contribution in [2.45, 2.75) is 19.4 Å². The average Bonchev–Trinajstić information content (AvgIpc) is 2.89. The summed E-state index contributed by atoms with van der Waals surface area (Å²) in [6.07, 6.45) is 1.59. The lowest BCUT2D eigenvalue weighted by Gasteiger charge is -2.06. The standard InChI is InChI=1S/C17H16N4O4/c22-15(18-13-5-3-4-12(10-13)11-16(23)24)7-9-21-17(25)20-8-2-1-6-14(20)19-21/h1-6,8,10H,7,9,11H2,(H,18,22)(H,23,24). The number of aryl methyl sites for hydroxylation is 1. The van der Waals surface area contributed by atoms with Gasteiger partial charge in [-0.25, -0.2) is 9.48 Å². The molecule has 0 saturated carbocycles. The predicted octanol–water partition coefficient (Wildman–Crippen LogP) is 1.15. The summed E-state index contributed by atoms with van der Waals surface area (Å²) in [5, 5.41) is 15.7. The van der Waals surface area contributed by atoms with Crippen molar-refractivity contribution in [3.63, 3.8) is 0 Å². The number of hydrogen-bond donors (Lipinski definition) is 2. The molecule has 2 N–H and O–H groups in total. The highest BCUT2D eigenvalue weighted by atomic mass is 16.4. The number of nitrogens with one attached hydrogen (secondary N) is 1. The van der Waals surface area contributed by atoms with Crippen LogP contribution in [0.5, 0.6) is 0 Å². The lowest BCUT2D eigenvalue weighted by atomic mass is 10.1. The summed E-state index contributed by atoms with van der Waals surface area (Å²) >= 11 is 0. The number of nitrogens with zero attached hydrogens (tertiary/aromatic N) is 3. The van der Waals surface area contributed by atoms with Crippen LogP contribution in [0.4, 0.5) is 5.69 Å². The van der Waals surface area contributed by atoms with Crippen LogP contribution in [-0.4, -0.2) is 31.2 Å². The molecule has 0 aliphatic heterocycles. The van der Waals surface area contributed by atoms with E-state index in [0.717, 1.165) is 0 Å². The minimum absolute atomic E-state index is 0.0763. The molecule has 0 fully saturated rings. The van der Waals surface area contributed by atoms with Gasteiger partial charge >= 0.3 is 11.7 Å². The molecule has 0 aliphatic carbocycles. The number of aromatic nitrogens is 3. The number of rotatable bonds is 6. The average molecular weight is 340 g/mol. The Morgan fingerprint density at radius 3 is 2.76 bits per heavy atom. The van der Waals surface area contributed by atoms with Gasteiger partial charge in [0.25, 0.3) is 0 Å². The molecule has 8 heteroatoms. The van der Waals surface area contributed by atoms with Gasteiger partial charge in [0.2, 0.25) is 5.91 Å². The third-order valence-corrected chi connectivity index (χ3v) is 3.61. The Balaban J connectivity index is 1.64. The van der Waals surface area contributed by atoms with Crippen LogP contribution in [0, 0.1) is 0 Å². The summed E-state index contributed by atoms with van der Waals surface area (Å²) in [4.78, 5) is 34.9. The second-order valence-corrected chi connectivity index (χ2v) is 5.50. The number of fused-ring (bicyclic) bond motifs is 1. The number of pyridine rings is 1. The number of carboxylic acid groups (broad SMARTS) is 1. The molecule has 2 aromatic heterocycles. The highest BCUT2D eigenvalue weighted by Crippen LogP contribution is 2.11. The Kier molecular flexibility index (Phi) is 4.60. The summed E-state index contributed by atoms with van der Waals surface area (Å²) in [7, 11) is 0. The summed E-state index contributed by atoms with van der Waals surface area (Å²) in [6.45, 7) is 0.154. The zero-order chi connectivity index (χ0) is 17.8. The normalized spacial score (nSPS) is 10.7. The number of carboxylic acids is 1. The maximum Gasteiger partial charge on any atom is 0.350 e. The minimum Gasteiger partial charge on any atom is -0.481 e. The van der Waals surface area contributed by atoms with E-state index in [1.54, 1.807) is 48.7 Å². The van der Waals surface area contributed by atoms with E-state index in [0.29, 0.717) is 16.9 Å². The Bertz CT molecular complexity index is 989. The maximum atomic E-state index is 12.1. The van der Waals surface area contributed by atoms with Crippen LogP contribution in [-0.2, 0) is 22.6 Å². The van der Waals surface area contributed by atoms with Crippen LogP contribution < -0.4 is 11.0 Å². The van der Waals surface area contributed by atoms with Crippen molar-refractivity contribution in [3.05, 3.63) is 64.7 Å². The summed E-state index contributed by atoms with van der Waals surface area (Å²) in [5.41, 5.74) is 1.34. The van der Waals surface area contributed by atoms with Gasteiger partial charge in [0.05, 0.1) is 13.0 Å². The summed E-state index contributed by atoms with van der Waals surface area (Å²) in [5.74, 6) is -1.22. The van der Waals surface area contributed by atoms with E-state index in [4.69, 9.17) is 5.11 Å². The van der Waals surface area contributed by atoms with Crippen molar-refractivity contribution in [2.24, 2.45) is 0 Å². The Morgan fingerprint density at radius 2 is 2.00 bits per heavy atom. The number of aliphatic carboxylic acids is 1. The van der Waals surface area contributed by atoms with E-state index in [1.165, 1.54) is 9.08 Å². The maximum absolute atomic E-state index is 12.1. The molecule has 0 aliphatic rings. The zero-order valence-corrected chi connectivity index (χ0v) is 13.3. The molecule has 128 valence electrons. The number of benzene rings is 1. The van der Waals surface area contributed by atoms with Crippen LogP contribution in [0.15, 0.2) is 53.5 Å². The number of carbonyl (C=O) groups is 2. The monoisotopic (exact) mass is 340 g/mol. The fourth-order valence-electron chi connectivity index (χ4n) is 2.48. The first kappa shape index (κ1) is 16.4. The number of anilines is 1. The van der Waals surface area contributed by atoms with Crippen LogP contribution >= 0.6 is 0 Å². The van der Waals surface area contributed by atoms with Gasteiger partial charge in [0.1, 0.15) is 0 Å². The number of carbonyl (C=O) groups excluding carboxylic acids is 1. The first-order chi connectivity index (χ1) is 12.0. The van der Waals surface area contributed by atoms with Gasteiger partial charge in [-0.1, -0.05) is 18.2 Å². The first-order valence-electron chi connectivity index (χ1n) is 7.68. The molecule has 0 bridgehead atoms. The fourth-order valence-corrected chi connectivity index (χ4v) is 2.48. The lowest BCUT2D eigenvalue weighted by molar-refractivity contribution is -0.136. The van der Waals surface area contributed by atoms with Crippen LogP contribution in [0.1, 0.15) is 12.0 Å². The van der Waals surface area contributed by atoms with E-state index in [1.807, 2.05) is 0 Å². The van der Waals surface area contributed by atoms with E-state index in [2.05, 4.69) is 10.4 Å². The smallest absolute Gasteiger partial charge is 0.350 e. The zero-order valence-electron chi connectivity index (χ0n) is 13.3. The van der Waals surface area contributed by atoms with Gasteiger partial charge in [0, 0.05) is 18.3 Å². The molecular formula is C17H16N4O4. The molecule has 25 heavy (non-hydrogen) atoms.